The summed E-state index contributed by atoms with van der Waals surface area (Å²) < 4.78 is 0. The maximum absolute atomic E-state index is 0. The van der Waals surface area contributed by atoms with Gasteiger partial charge in [0.15, 0.2) is 0 Å². The SMILES string of the molecule is [I-].[I-].[I-].[I-].[I-].[Na+].[Th+4]. The molecule has 0 bridgehead atoms. The van der Waals surface area contributed by atoms with Crippen molar-refractivity contribution in [2.75, 3.05) is 0 Å². The fourth-order valence-electron chi connectivity index (χ4n) is 0. The van der Waals surface area contributed by atoms with Crippen LogP contribution in [0.4, 0.5) is 0 Å². The molecule has 0 N–H and O–H groups in total. The first-order valence-corrected chi connectivity index (χ1v) is 0. The number of hydrogen-bond acceptors (Lipinski definition) is 0. The summed E-state index contributed by atoms with van der Waals surface area (Å²) in [5, 5.41) is 0. The van der Waals surface area contributed by atoms with Gasteiger partial charge in [-0.2, -0.15) is 0 Å². The minimum atomic E-state index is 0. The summed E-state index contributed by atoms with van der Waals surface area (Å²) in [7, 11) is 0. The van der Waals surface area contributed by atoms with Crippen LogP contribution in [-0.2, 0) is 0 Å². The van der Waals surface area contributed by atoms with Gasteiger partial charge in [0.2, 0.25) is 0 Å². The Labute approximate surface area is 184 Å². The molecule has 40 valence electrons. The third-order valence-electron chi connectivity index (χ3n) is 0. The predicted molar refractivity (Wildman–Crippen MR) is 0 cm³/mol. The average molecular weight is 890 g/mol. The van der Waals surface area contributed by atoms with Crippen LogP contribution in [0.3, 0.4) is 0 Å². The van der Waals surface area contributed by atoms with E-state index in [0.717, 1.165) is 0 Å². The van der Waals surface area contributed by atoms with Gasteiger partial charge in [-0.15, -0.1) is 0 Å². The molecule has 7 heteroatoms. The second-order valence-electron chi connectivity index (χ2n) is 0. The molecule has 0 unspecified atom stereocenters. The van der Waals surface area contributed by atoms with Crippen LogP contribution < -0.4 is 149 Å². The van der Waals surface area contributed by atoms with E-state index in [9.17, 15) is 0 Å². The Morgan fingerprint density at radius 2 is 0.429 bits per heavy atom. The van der Waals surface area contributed by atoms with E-state index in [1.165, 1.54) is 0 Å². The fraction of sp³-hybridized carbons (Fsp3) is 0. The third kappa shape index (κ3) is 33.4. The first-order chi connectivity index (χ1) is 0. The molecule has 0 radical (unpaired) electrons. The van der Waals surface area contributed by atoms with Crippen LogP contribution in [-0.4, -0.2) is 0 Å². The molecule has 0 rings (SSSR count). The zero-order chi connectivity index (χ0) is 0. The fourth-order valence-corrected chi connectivity index (χ4v) is 0. The maximum atomic E-state index is 0. The Bertz CT molecular complexity index is 8.04. The Morgan fingerprint density at radius 3 is 0.429 bits per heavy atom. The van der Waals surface area contributed by atoms with E-state index in [1.54, 1.807) is 0 Å². The summed E-state index contributed by atoms with van der Waals surface area (Å²) in [4.78, 5) is 0. The summed E-state index contributed by atoms with van der Waals surface area (Å²) >= 11 is 0. The number of rotatable bonds is 0. The van der Waals surface area contributed by atoms with Crippen LogP contribution in [0.5, 0.6) is 0 Å². The Kier molecular flexibility index (Phi) is 301. The molecule has 0 nitrogen and oxygen atoms in total. The molecular weight excluding hydrogens is 890 g/mol. The van der Waals surface area contributed by atoms with Gasteiger partial charge in [0.05, 0.1) is 0 Å². The van der Waals surface area contributed by atoms with Crippen molar-refractivity contribution < 1.29 is 189 Å². The van der Waals surface area contributed by atoms with Gasteiger partial charge in [-0.3, -0.25) is 0 Å². The Hall–Kier alpha value is 5.97. The van der Waals surface area contributed by atoms with Crippen LogP contribution in [0.25, 0.3) is 0 Å². The summed E-state index contributed by atoms with van der Waals surface area (Å²) in [5.74, 6) is 0. The van der Waals surface area contributed by atoms with E-state index in [-0.39, 0.29) is 189 Å². The summed E-state index contributed by atoms with van der Waals surface area (Å²) in [5.41, 5.74) is 0. The molecular formula is I5NaTh. The smallest absolute Gasteiger partial charge is 1.00 e. The van der Waals surface area contributed by atoms with Gasteiger partial charge in [-0.1, -0.05) is 0 Å². The van der Waals surface area contributed by atoms with Crippen molar-refractivity contribution >= 4 is 0 Å². The molecule has 0 spiro atoms. The van der Waals surface area contributed by atoms with Gasteiger partial charge in [-0.05, 0) is 0 Å². The monoisotopic (exact) mass is 890 g/mol. The van der Waals surface area contributed by atoms with Crippen molar-refractivity contribution in [1.29, 1.82) is 0 Å². The molecule has 7 heavy (non-hydrogen) atoms. The number of halogens is 5. The minimum absolute atomic E-state index is 0. The van der Waals surface area contributed by atoms with Gasteiger partial charge < -0.3 is 120 Å². The van der Waals surface area contributed by atoms with Crippen molar-refractivity contribution in [3.63, 3.8) is 0 Å². The van der Waals surface area contributed by atoms with E-state index < -0.39 is 0 Å². The van der Waals surface area contributed by atoms with E-state index >= 15 is 0 Å². The van der Waals surface area contributed by atoms with Gasteiger partial charge >= 0.3 is 69.5 Å². The molecule has 0 atom stereocenters. The molecule has 0 aromatic heterocycles. The molecule has 0 fully saturated rings. The molecule has 0 aliphatic heterocycles. The zero-order valence-corrected chi connectivity index (χ0v) is 20.3. The van der Waals surface area contributed by atoms with Crippen LogP contribution in [0.2, 0.25) is 0 Å². The topological polar surface area (TPSA) is 0 Å². The van der Waals surface area contributed by atoms with Gasteiger partial charge in [-0.25, -0.2) is 0 Å². The standard InChI is InChI=1S/5HI.Na.Th/h5*1H;;/q;;;;;+1;+4/p-5. The molecule has 0 amide bonds. The average Bonchev–Trinajstić information content (AvgIpc) is 0. The van der Waals surface area contributed by atoms with Crippen molar-refractivity contribution in [2.45, 2.75) is 0 Å². The van der Waals surface area contributed by atoms with E-state index in [0.29, 0.717) is 0 Å². The normalized spacial score (nSPS) is 0. The maximum Gasteiger partial charge on any atom is 4.00 e. The molecule has 0 saturated carbocycles. The first kappa shape index (κ1) is 52.1. The minimum Gasteiger partial charge on any atom is -1.00 e. The van der Waals surface area contributed by atoms with Crippen LogP contribution >= 0.6 is 0 Å². The number of hydrogen-bond donors (Lipinski definition) is 0. The predicted octanol–water partition coefficient (Wildman–Crippen LogP) is -18.0. The molecule has 0 aromatic carbocycles. The van der Waals surface area contributed by atoms with Crippen molar-refractivity contribution in [1.82, 2.24) is 0 Å². The second-order valence-corrected chi connectivity index (χ2v) is 0. The molecule has 0 aliphatic rings. The summed E-state index contributed by atoms with van der Waals surface area (Å²) in [6.45, 7) is 0. The van der Waals surface area contributed by atoms with Crippen molar-refractivity contribution in [2.24, 2.45) is 0 Å². The molecule has 0 heterocycles. The third-order valence-corrected chi connectivity index (χ3v) is 0. The van der Waals surface area contributed by atoms with E-state index in [2.05, 4.69) is 0 Å². The van der Waals surface area contributed by atoms with Crippen LogP contribution in [0.15, 0.2) is 0 Å². The first-order valence-electron chi connectivity index (χ1n) is 0. The Balaban J connectivity index is 0. The second kappa shape index (κ2) is 40.4. The Morgan fingerprint density at radius 1 is 0.429 bits per heavy atom. The van der Waals surface area contributed by atoms with E-state index in [4.69, 9.17) is 0 Å². The van der Waals surface area contributed by atoms with Gasteiger partial charge in [0.1, 0.15) is 0 Å². The largest absolute Gasteiger partial charge is 4.00 e. The zero-order valence-electron chi connectivity index (χ0n) is 3.39. The molecule has 0 aromatic rings. The molecule has 0 aliphatic carbocycles. The van der Waals surface area contributed by atoms with Crippen molar-refractivity contribution in [3.05, 3.63) is 0 Å². The van der Waals surface area contributed by atoms with Gasteiger partial charge in [0, 0.05) is 0 Å². The van der Waals surface area contributed by atoms with Crippen LogP contribution in [0.1, 0.15) is 0 Å². The summed E-state index contributed by atoms with van der Waals surface area (Å²) in [6, 6.07) is 0. The summed E-state index contributed by atoms with van der Waals surface area (Å²) in [6.07, 6.45) is 0. The van der Waals surface area contributed by atoms with E-state index in [1.807, 2.05) is 0 Å². The van der Waals surface area contributed by atoms with Crippen molar-refractivity contribution in [3.8, 4) is 0 Å². The van der Waals surface area contributed by atoms with Crippen LogP contribution in [0, 0.1) is 39.9 Å². The van der Waals surface area contributed by atoms with Gasteiger partial charge in [0.25, 0.3) is 0 Å². The molecule has 0 saturated heterocycles. The quantitative estimate of drug-likeness (QED) is 0.168.